The van der Waals surface area contributed by atoms with Crippen molar-refractivity contribution in [2.45, 2.75) is 45.3 Å². The summed E-state index contributed by atoms with van der Waals surface area (Å²) in [5.74, 6) is 0. The third-order valence-electron chi connectivity index (χ3n) is 3.57. The van der Waals surface area contributed by atoms with Gasteiger partial charge in [-0.3, -0.25) is 0 Å². The SMILES string of the molecule is COCCOCCCOC1CCC(C)(C)C1N. The fourth-order valence-electron chi connectivity index (χ4n) is 2.19. The number of nitrogens with two attached hydrogens (primary N) is 1. The van der Waals surface area contributed by atoms with Crippen LogP contribution < -0.4 is 5.73 Å². The topological polar surface area (TPSA) is 53.7 Å². The molecule has 2 unspecified atom stereocenters. The zero-order valence-corrected chi connectivity index (χ0v) is 11.4. The van der Waals surface area contributed by atoms with E-state index in [9.17, 15) is 0 Å². The number of ether oxygens (including phenoxy) is 3. The summed E-state index contributed by atoms with van der Waals surface area (Å²) >= 11 is 0. The zero-order valence-electron chi connectivity index (χ0n) is 11.4. The fourth-order valence-corrected chi connectivity index (χ4v) is 2.19. The molecule has 0 aromatic rings. The minimum Gasteiger partial charge on any atom is -0.382 e. The molecule has 0 aliphatic heterocycles. The first-order valence-electron chi connectivity index (χ1n) is 6.52. The smallest absolute Gasteiger partial charge is 0.0731 e. The van der Waals surface area contributed by atoms with Gasteiger partial charge in [0.25, 0.3) is 0 Å². The van der Waals surface area contributed by atoms with Crippen LogP contribution in [0.1, 0.15) is 33.1 Å². The summed E-state index contributed by atoms with van der Waals surface area (Å²) in [5, 5.41) is 0. The van der Waals surface area contributed by atoms with Crippen molar-refractivity contribution in [2.24, 2.45) is 11.1 Å². The van der Waals surface area contributed by atoms with Crippen LogP contribution in [0.2, 0.25) is 0 Å². The van der Waals surface area contributed by atoms with Gasteiger partial charge in [-0.15, -0.1) is 0 Å². The average Bonchev–Trinajstić information content (AvgIpc) is 2.54. The highest BCUT2D eigenvalue weighted by molar-refractivity contribution is 4.94. The molecular formula is C13H27NO3. The lowest BCUT2D eigenvalue weighted by molar-refractivity contribution is 0.0148. The van der Waals surface area contributed by atoms with Gasteiger partial charge in [0.1, 0.15) is 0 Å². The lowest BCUT2D eigenvalue weighted by Crippen LogP contribution is -2.41. The van der Waals surface area contributed by atoms with Gasteiger partial charge >= 0.3 is 0 Å². The molecule has 1 aliphatic rings. The van der Waals surface area contributed by atoms with Gasteiger partial charge in [-0.05, 0) is 24.7 Å². The molecule has 2 atom stereocenters. The largest absolute Gasteiger partial charge is 0.382 e. The van der Waals surface area contributed by atoms with Gasteiger partial charge in [0.05, 0.1) is 19.3 Å². The van der Waals surface area contributed by atoms with Gasteiger partial charge in [0, 0.05) is 26.4 Å². The second-order valence-corrected chi connectivity index (χ2v) is 5.42. The first-order valence-corrected chi connectivity index (χ1v) is 6.52. The maximum Gasteiger partial charge on any atom is 0.0731 e. The summed E-state index contributed by atoms with van der Waals surface area (Å²) in [5.41, 5.74) is 6.39. The Balaban J connectivity index is 2.00. The molecule has 0 saturated heterocycles. The number of rotatable bonds is 8. The minimum absolute atomic E-state index is 0.164. The van der Waals surface area contributed by atoms with Gasteiger partial charge in [0.2, 0.25) is 0 Å². The predicted octanol–water partition coefficient (Wildman–Crippen LogP) is 1.57. The summed E-state index contributed by atoms with van der Waals surface area (Å²) in [6, 6.07) is 0.164. The van der Waals surface area contributed by atoms with Crippen LogP contribution in [0, 0.1) is 5.41 Å². The third-order valence-corrected chi connectivity index (χ3v) is 3.57. The normalized spacial score (nSPS) is 27.5. The Bertz CT molecular complexity index is 209. The Morgan fingerprint density at radius 1 is 1.18 bits per heavy atom. The van der Waals surface area contributed by atoms with E-state index in [1.165, 1.54) is 0 Å². The van der Waals surface area contributed by atoms with Crippen molar-refractivity contribution in [3.63, 3.8) is 0 Å². The summed E-state index contributed by atoms with van der Waals surface area (Å²) < 4.78 is 16.1. The van der Waals surface area contributed by atoms with Crippen LogP contribution in [0.5, 0.6) is 0 Å². The third kappa shape index (κ3) is 4.92. The molecule has 1 fully saturated rings. The Morgan fingerprint density at radius 3 is 2.53 bits per heavy atom. The molecule has 0 heterocycles. The summed E-state index contributed by atoms with van der Waals surface area (Å²) in [4.78, 5) is 0. The second-order valence-electron chi connectivity index (χ2n) is 5.42. The lowest BCUT2D eigenvalue weighted by Gasteiger charge is -2.26. The highest BCUT2D eigenvalue weighted by atomic mass is 16.5. The van der Waals surface area contributed by atoms with Crippen molar-refractivity contribution >= 4 is 0 Å². The molecule has 0 radical (unpaired) electrons. The van der Waals surface area contributed by atoms with E-state index in [1.54, 1.807) is 7.11 Å². The Hall–Kier alpha value is -0.160. The van der Waals surface area contributed by atoms with Crippen molar-refractivity contribution in [1.82, 2.24) is 0 Å². The number of hydrogen-bond donors (Lipinski definition) is 1. The average molecular weight is 245 g/mol. The zero-order chi connectivity index (χ0) is 12.7. The van der Waals surface area contributed by atoms with Gasteiger partial charge in [-0.2, -0.15) is 0 Å². The molecule has 0 amide bonds. The quantitative estimate of drug-likeness (QED) is 0.660. The number of methoxy groups -OCH3 is 1. The Kier molecular flexibility index (Phi) is 6.41. The summed E-state index contributed by atoms with van der Waals surface area (Å²) in [7, 11) is 1.68. The van der Waals surface area contributed by atoms with Gasteiger partial charge in [-0.25, -0.2) is 0 Å². The molecule has 17 heavy (non-hydrogen) atoms. The Morgan fingerprint density at radius 2 is 1.94 bits per heavy atom. The second kappa shape index (κ2) is 7.31. The summed E-state index contributed by atoms with van der Waals surface area (Å²) in [6.45, 7) is 7.22. The van der Waals surface area contributed by atoms with Crippen molar-refractivity contribution in [2.75, 3.05) is 33.5 Å². The monoisotopic (exact) mass is 245 g/mol. The predicted molar refractivity (Wildman–Crippen MR) is 68.0 cm³/mol. The van der Waals surface area contributed by atoms with Crippen LogP contribution in [0.3, 0.4) is 0 Å². The molecule has 102 valence electrons. The van der Waals surface area contributed by atoms with Crippen molar-refractivity contribution in [3.05, 3.63) is 0 Å². The first-order chi connectivity index (χ1) is 8.08. The van der Waals surface area contributed by atoms with Crippen molar-refractivity contribution < 1.29 is 14.2 Å². The van der Waals surface area contributed by atoms with E-state index < -0.39 is 0 Å². The highest BCUT2D eigenvalue weighted by Gasteiger charge is 2.39. The van der Waals surface area contributed by atoms with Crippen LogP contribution in [-0.4, -0.2) is 45.7 Å². The highest BCUT2D eigenvalue weighted by Crippen LogP contribution is 2.37. The first kappa shape index (κ1) is 14.9. The molecular weight excluding hydrogens is 218 g/mol. The minimum atomic E-state index is 0.164. The van der Waals surface area contributed by atoms with Crippen LogP contribution in [0.15, 0.2) is 0 Å². The standard InChI is InChI=1S/C13H27NO3/c1-13(2)6-5-11(12(13)14)17-8-4-7-16-10-9-15-3/h11-12H,4-10,14H2,1-3H3. The van der Waals surface area contributed by atoms with Crippen LogP contribution in [0.4, 0.5) is 0 Å². The molecule has 1 aliphatic carbocycles. The molecule has 0 spiro atoms. The van der Waals surface area contributed by atoms with Crippen molar-refractivity contribution in [1.29, 1.82) is 0 Å². The lowest BCUT2D eigenvalue weighted by atomic mass is 9.88. The molecule has 0 aromatic carbocycles. The maximum atomic E-state index is 6.16. The molecule has 1 saturated carbocycles. The molecule has 4 nitrogen and oxygen atoms in total. The molecule has 0 bridgehead atoms. The van der Waals surface area contributed by atoms with Crippen LogP contribution >= 0.6 is 0 Å². The molecule has 0 aromatic heterocycles. The molecule has 4 heteroatoms. The van der Waals surface area contributed by atoms with E-state index >= 15 is 0 Å². The van der Waals surface area contributed by atoms with Crippen LogP contribution in [-0.2, 0) is 14.2 Å². The van der Waals surface area contributed by atoms with E-state index in [-0.39, 0.29) is 17.6 Å². The van der Waals surface area contributed by atoms with Gasteiger partial charge < -0.3 is 19.9 Å². The van der Waals surface area contributed by atoms with E-state index in [0.29, 0.717) is 13.2 Å². The van der Waals surface area contributed by atoms with Crippen molar-refractivity contribution in [3.8, 4) is 0 Å². The fraction of sp³-hybridized carbons (Fsp3) is 1.00. The molecule has 1 rings (SSSR count). The van der Waals surface area contributed by atoms with E-state index in [1.807, 2.05) is 0 Å². The Labute approximate surface area is 105 Å². The van der Waals surface area contributed by atoms with E-state index in [2.05, 4.69) is 13.8 Å². The molecule has 2 N–H and O–H groups in total. The van der Waals surface area contributed by atoms with Gasteiger partial charge in [0.15, 0.2) is 0 Å². The van der Waals surface area contributed by atoms with E-state index in [4.69, 9.17) is 19.9 Å². The van der Waals surface area contributed by atoms with E-state index in [0.717, 1.165) is 32.5 Å². The van der Waals surface area contributed by atoms with Crippen LogP contribution in [0.25, 0.3) is 0 Å². The number of hydrogen-bond acceptors (Lipinski definition) is 4. The maximum absolute atomic E-state index is 6.16. The summed E-state index contributed by atoms with van der Waals surface area (Å²) in [6.07, 6.45) is 3.39. The van der Waals surface area contributed by atoms with Gasteiger partial charge in [-0.1, -0.05) is 13.8 Å².